The van der Waals surface area contributed by atoms with Crippen molar-refractivity contribution in [2.75, 3.05) is 23.3 Å². The maximum atomic E-state index is 12.5. The summed E-state index contributed by atoms with van der Waals surface area (Å²) in [7, 11) is 0. The fraction of sp³-hybridized carbons (Fsp3) is 0.550. The van der Waals surface area contributed by atoms with E-state index in [4.69, 9.17) is 0 Å². The van der Waals surface area contributed by atoms with Crippen LogP contribution in [0.1, 0.15) is 52.4 Å². The third kappa shape index (κ3) is 5.58. The average Bonchev–Trinajstić information content (AvgIpc) is 2.65. The summed E-state index contributed by atoms with van der Waals surface area (Å²) < 4.78 is 0. The molecular formula is C20H29N3O3. The van der Waals surface area contributed by atoms with E-state index in [1.54, 1.807) is 12.1 Å². The van der Waals surface area contributed by atoms with Crippen LogP contribution in [0, 0.1) is 5.92 Å². The number of hydrogen-bond acceptors (Lipinski definition) is 3. The first-order chi connectivity index (χ1) is 12.5. The lowest BCUT2D eigenvalue weighted by atomic mass is 9.99. The highest BCUT2D eigenvalue weighted by molar-refractivity contribution is 6.10. The van der Waals surface area contributed by atoms with Gasteiger partial charge in [-0.15, -0.1) is 0 Å². The Labute approximate surface area is 155 Å². The van der Waals surface area contributed by atoms with E-state index in [-0.39, 0.29) is 37.1 Å². The lowest BCUT2D eigenvalue weighted by Gasteiger charge is -2.29. The number of rotatable bonds is 9. The predicted molar refractivity (Wildman–Crippen MR) is 103 cm³/mol. The molecule has 0 aliphatic carbocycles. The molecule has 2 N–H and O–H groups in total. The fourth-order valence-electron chi connectivity index (χ4n) is 3.10. The van der Waals surface area contributed by atoms with Crippen molar-refractivity contribution in [3.63, 3.8) is 0 Å². The van der Waals surface area contributed by atoms with Crippen molar-refractivity contribution in [3.05, 3.63) is 24.3 Å². The van der Waals surface area contributed by atoms with Crippen molar-refractivity contribution < 1.29 is 14.4 Å². The van der Waals surface area contributed by atoms with E-state index in [0.717, 1.165) is 19.3 Å². The Morgan fingerprint density at radius 3 is 2.73 bits per heavy atom. The van der Waals surface area contributed by atoms with E-state index in [2.05, 4.69) is 24.5 Å². The molecule has 2 rings (SSSR count). The third-order valence-corrected chi connectivity index (χ3v) is 4.77. The van der Waals surface area contributed by atoms with Crippen LogP contribution in [-0.2, 0) is 14.4 Å². The maximum absolute atomic E-state index is 12.5. The van der Waals surface area contributed by atoms with Crippen LogP contribution in [0.2, 0.25) is 0 Å². The second kappa shape index (κ2) is 9.94. The summed E-state index contributed by atoms with van der Waals surface area (Å²) in [6.07, 6.45) is 4.72. The van der Waals surface area contributed by atoms with Crippen LogP contribution in [0.3, 0.4) is 0 Å². The number of para-hydroxylation sites is 2. The van der Waals surface area contributed by atoms with Gasteiger partial charge in [-0.3, -0.25) is 14.4 Å². The monoisotopic (exact) mass is 359 g/mol. The SMILES string of the molecule is CCCCC(CC)CNC(=O)CCC(=O)N1CC(=O)Nc2ccccc21. The van der Waals surface area contributed by atoms with Crippen LogP contribution in [0.15, 0.2) is 24.3 Å². The largest absolute Gasteiger partial charge is 0.356 e. The van der Waals surface area contributed by atoms with Gasteiger partial charge in [0, 0.05) is 19.4 Å². The van der Waals surface area contributed by atoms with E-state index < -0.39 is 0 Å². The van der Waals surface area contributed by atoms with E-state index in [0.29, 0.717) is 23.8 Å². The van der Waals surface area contributed by atoms with Crippen molar-refractivity contribution >= 4 is 29.1 Å². The van der Waals surface area contributed by atoms with Gasteiger partial charge in [-0.25, -0.2) is 0 Å². The molecule has 0 saturated carbocycles. The highest BCUT2D eigenvalue weighted by Crippen LogP contribution is 2.29. The lowest BCUT2D eigenvalue weighted by molar-refractivity contribution is -0.125. The molecule has 1 heterocycles. The molecule has 142 valence electrons. The first-order valence-electron chi connectivity index (χ1n) is 9.51. The average molecular weight is 359 g/mol. The van der Waals surface area contributed by atoms with Gasteiger partial charge in [-0.1, -0.05) is 45.2 Å². The topological polar surface area (TPSA) is 78.5 Å². The number of carbonyl (C=O) groups excluding carboxylic acids is 3. The van der Waals surface area contributed by atoms with Gasteiger partial charge >= 0.3 is 0 Å². The number of anilines is 2. The second-order valence-electron chi connectivity index (χ2n) is 6.77. The summed E-state index contributed by atoms with van der Waals surface area (Å²) in [5, 5.41) is 5.69. The molecule has 0 radical (unpaired) electrons. The minimum atomic E-state index is -0.219. The highest BCUT2D eigenvalue weighted by atomic mass is 16.2. The molecule has 1 aromatic rings. The number of benzene rings is 1. The normalized spacial score (nSPS) is 14.4. The molecule has 6 heteroatoms. The summed E-state index contributed by atoms with van der Waals surface area (Å²) in [5.41, 5.74) is 1.31. The Kier molecular flexibility index (Phi) is 7.63. The van der Waals surface area contributed by atoms with Gasteiger partial charge in [-0.2, -0.15) is 0 Å². The quantitative estimate of drug-likeness (QED) is 0.711. The smallest absolute Gasteiger partial charge is 0.244 e. The minimum Gasteiger partial charge on any atom is -0.356 e. The molecule has 26 heavy (non-hydrogen) atoms. The van der Waals surface area contributed by atoms with Crippen molar-refractivity contribution in [1.29, 1.82) is 0 Å². The molecule has 0 spiro atoms. The highest BCUT2D eigenvalue weighted by Gasteiger charge is 2.26. The number of unbranched alkanes of at least 4 members (excludes halogenated alkanes) is 1. The van der Waals surface area contributed by atoms with E-state index in [1.165, 1.54) is 11.3 Å². The molecule has 0 bridgehead atoms. The van der Waals surface area contributed by atoms with Crippen LogP contribution >= 0.6 is 0 Å². The predicted octanol–water partition coefficient (Wildman–Crippen LogP) is 3.08. The Bertz CT molecular complexity index is 645. The Morgan fingerprint density at radius 1 is 1.23 bits per heavy atom. The first-order valence-corrected chi connectivity index (χ1v) is 9.51. The number of nitrogens with zero attached hydrogens (tertiary/aromatic N) is 1. The Morgan fingerprint density at radius 2 is 2.00 bits per heavy atom. The van der Waals surface area contributed by atoms with Crippen LogP contribution < -0.4 is 15.5 Å². The van der Waals surface area contributed by atoms with Gasteiger partial charge in [0.1, 0.15) is 6.54 Å². The zero-order valence-electron chi connectivity index (χ0n) is 15.7. The van der Waals surface area contributed by atoms with Gasteiger partial charge in [0.15, 0.2) is 0 Å². The zero-order valence-corrected chi connectivity index (χ0v) is 15.7. The molecule has 0 saturated heterocycles. The number of carbonyl (C=O) groups is 3. The summed E-state index contributed by atoms with van der Waals surface area (Å²) in [4.78, 5) is 37.8. The zero-order chi connectivity index (χ0) is 18.9. The molecule has 0 fully saturated rings. The van der Waals surface area contributed by atoms with Gasteiger partial charge in [-0.05, 0) is 24.5 Å². The molecule has 1 atom stereocenters. The van der Waals surface area contributed by atoms with Gasteiger partial charge < -0.3 is 15.5 Å². The standard InChI is InChI=1S/C20H29N3O3/c1-3-5-8-15(4-2)13-21-18(24)11-12-20(26)23-14-19(25)22-16-9-6-7-10-17(16)23/h6-7,9-10,15H,3-5,8,11-14H2,1-2H3,(H,21,24)(H,22,25). The van der Waals surface area contributed by atoms with E-state index >= 15 is 0 Å². The first kappa shape index (κ1) is 19.9. The van der Waals surface area contributed by atoms with Crippen LogP contribution in [-0.4, -0.2) is 30.8 Å². The van der Waals surface area contributed by atoms with Crippen molar-refractivity contribution in [2.24, 2.45) is 5.92 Å². The Hall–Kier alpha value is -2.37. The molecule has 1 aromatic carbocycles. The number of hydrogen-bond donors (Lipinski definition) is 2. The molecular weight excluding hydrogens is 330 g/mol. The van der Waals surface area contributed by atoms with Crippen LogP contribution in [0.4, 0.5) is 11.4 Å². The molecule has 3 amide bonds. The molecule has 0 aromatic heterocycles. The summed E-state index contributed by atoms with van der Waals surface area (Å²) >= 11 is 0. The van der Waals surface area contributed by atoms with Crippen molar-refractivity contribution in [3.8, 4) is 0 Å². The van der Waals surface area contributed by atoms with Gasteiger partial charge in [0.2, 0.25) is 17.7 Å². The van der Waals surface area contributed by atoms with Gasteiger partial charge in [0.25, 0.3) is 0 Å². The molecule has 1 aliphatic heterocycles. The van der Waals surface area contributed by atoms with Crippen molar-refractivity contribution in [2.45, 2.75) is 52.4 Å². The molecule has 1 aliphatic rings. The van der Waals surface area contributed by atoms with Gasteiger partial charge in [0.05, 0.1) is 11.4 Å². The van der Waals surface area contributed by atoms with Crippen LogP contribution in [0.5, 0.6) is 0 Å². The second-order valence-corrected chi connectivity index (χ2v) is 6.77. The third-order valence-electron chi connectivity index (χ3n) is 4.77. The number of amides is 3. The minimum absolute atomic E-state index is 0.00755. The summed E-state index contributed by atoms with van der Waals surface area (Å²) in [5.74, 6) is -0.0426. The number of nitrogens with one attached hydrogen (secondary N) is 2. The fourth-order valence-corrected chi connectivity index (χ4v) is 3.10. The van der Waals surface area contributed by atoms with E-state index in [9.17, 15) is 14.4 Å². The number of fused-ring (bicyclic) bond motifs is 1. The molecule has 1 unspecified atom stereocenters. The lowest BCUT2D eigenvalue weighted by Crippen LogP contribution is -2.42. The molecule has 6 nitrogen and oxygen atoms in total. The Balaban J connectivity index is 1.83. The van der Waals surface area contributed by atoms with Crippen LogP contribution in [0.25, 0.3) is 0 Å². The maximum Gasteiger partial charge on any atom is 0.244 e. The van der Waals surface area contributed by atoms with Crippen molar-refractivity contribution in [1.82, 2.24) is 5.32 Å². The van der Waals surface area contributed by atoms with E-state index in [1.807, 2.05) is 12.1 Å². The summed E-state index contributed by atoms with van der Waals surface area (Å²) in [6, 6.07) is 7.20. The summed E-state index contributed by atoms with van der Waals surface area (Å²) in [6.45, 7) is 4.95.